The van der Waals surface area contributed by atoms with Gasteiger partial charge in [-0.25, -0.2) is 13.9 Å². The van der Waals surface area contributed by atoms with Crippen molar-refractivity contribution in [1.29, 1.82) is 0 Å². The number of hydrogen-bond donors (Lipinski definition) is 2. The van der Waals surface area contributed by atoms with Gasteiger partial charge < -0.3 is 20.1 Å². The van der Waals surface area contributed by atoms with E-state index in [1.54, 1.807) is 23.1 Å². The second kappa shape index (κ2) is 9.75. The topological polar surface area (TPSA) is 90.3 Å². The average molecular weight is 379 g/mol. The van der Waals surface area contributed by atoms with E-state index in [0.717, 1.165) is 0 Å². The van der Waals surface area contributed by atoms with Gasteiger partial charge in [0.05, 0.1) is 18.4 Å². The molecule has 148 valence electrons. The third kappa shape index (κ3) is 7.93. The van der Waals surface area contributed by atoms with Crippen LogP contribution >= 0.6 is 0 Å². The molecule has 0 saturated carbocycles. The van der Waals surface area contributed by atoms with Gasteiger partial charge in [0.2, 0.25) is 0 Å². The Hall–Kier alpha value is -2.84. The van der Waals surface area contributed by atoms with Crippen molar-refractivity contribution in [3.05, 3.63) is 36.4 Å². The van der Waals surface area contributed by atoms with E-state index in [0.29, 0.717) is 44.1 Å². The molecule has 1 aromatic heterocycles. The van der Waals surface area contributed by atoms with Gasteiger partial charge in [0, 0.05) is 25.4 Å². The molecule has 2 N–H and O–H groups in total. The van der Waals surface area contributed by atoms with Gasteiger partial charge in [-0.2, -0.15) is 0 Å². The fourth-order valence-electron chi connectivity index (χ4n) is 2.18. The first kappa shape index (κ1) is 20.5. The molecule has 27 heavy (non-hydrogen) atoms. The van der Waals surface area contributed by atoms with Gasteiger partial charge in [-0.15, -0.1) is 5.10 Å². The first-order chi connectivity index (χ1) is 12.8. The van der Waals surface area contributed by atoms with E-state index < -0.39 is 11.7 Å². The summed E-state index contributed by atoms with van der Waals surface area (Å²) in [5.74, 6) is 0.199. The number of rotatable bonds is 9. The van der Waals surface area contributed by atoms with Crippen LogP contribution in [-0.2, 0) is 11.3 Å². The van der Waals surface area contributed by atoms with Crippen LogP contribution in [0, 0.1) is 5.82 Å². The number of alkyl carbamates (subject to hydrolysis) is 1. The number of carbonyl (C=O) groups is 1. The summed E-state index contributed by atoms with van der Waals surface area (Å²) in [5.41, 5.74) is 0.0356. The van der Waals surface area contributed by atoms with Gasteiger partial charge >= 0.3 is 6.09 Å². The van der Waals surface area contributed by atoms with E-state index >= 15 is 0 Å². The molecule has 0 fully saturated rings. The number of hydrogen-bond acceptors (Lipinski definition) is 6. The third-order valence-electron chi connectivity index (χ3n) is 3.33. The number of benzene rings is 1. The average Bonchev–Trinajstić information content (AvgIpc) is 3.08. The molecule has 0 unspecified atom stereocenters. The van der Waals surface area contributed by atoms with Crippen LogP contribution in [0.5, 0.6) is 5.75 Å². The number of nitrogens with zero attached hydrogens (tertiary/aromatic N) is 3. The Labute approximate surface area is 158 Å². The normalized spacial score (nSPS) is 11.1. The van der Waals surface area contributed by atoms with E-state index in [2.05, 4.69) is 20.9 Å². The summed E-state index contributed by atoms with van der Waals surface area (Å²) in [5, 5.41) is 13.4. The number of anilines is 1. The van der Waals surface area contributed by atoms with Crippen LogP contribution in [0.2, 0.25) is 0 Å². The van der Waals surface area contributed by atoms with Gasteiger partial charge in [-0.1, -0.05) is 5.21 Å². The van der Waals surface area contributed by atoms with Crippen LogP contribution in [-0.4, -0.2) is 46.4 Å². The summed E-state index contributed by atoms with van der Waals surface area (Å²) in [4.78, 5) is 11.6. The molecule has 0 radical (unpaired) electrons. The minimum absolute atomic E-state index is 0.354. The lowest BCUT2D eigenvalue weighted by molar-refractivity contribution is 0.0528. The molecule has 1 heterocycles. The molecule has 8 nitrogen and oxygen atoms in total. The maximum absolute atomic E-state index is 13.5. The molecule has 0 bridgehead atoms. The summed E-state index contributed by atoms with van der Waals surface area (Å²) in [6.45, 7) is 7.33. The summed E-state index contributed by atoms with van der Waals surface area (Å²) in [7, 11) is 0. The zero-order chi connectivity index (χ0) is 19.7. The summed E-state index contributed by atoms with van der Waals surface area (Å²) >= 11 is 0. The molecule has 0 aliphatic carbocycles. The standard InChI is InChI=1S/C18H26FN5O3/c1-18(2,3)27-17(25)21-8-4-7-20-15-13-14(19)5-6-16(15)26-12-11-24-10-9-22-23-24/h5-6,9-10,13,20H,4,7-8,11-12H2,1-3H3,(H,21,25). The fourth-order valence-corrected chi connectivity index (χ4v) is 2.18. The lowest BCUT2D eigenvalue weighted by Crippen LogP contribution is -2.33. The number of amides is 1. The molecule has 0 aliphatic rings. The number of nitrogens with one attached hydrogen (secondary N) is 2. The number of halogens is 1. The first-order valence-electron chi connectivity index (χ1n) is 8.81. The molecule has 1 amide bonds. The largest absolute Gasteiger partial charge is 0.489 e. The summed E-state index contributed by atoms with van der Waals surface area (Å²) in [6, 6.07) is 4.31. The predicted molar refractivity (Wildman–Crippen MR) is 99.3 cm³/mol. The lowest BCUT2D eigenvalue weighted by Gasteiger charge is -2.19. The monoisotopic (exact) mass is 379 g/mol. The van der Waals surface area contributed by atoms with Crippen molar-refractivity contribution in [3.63, 3.8) is 0 Å². The van der Waals surface area contributed by atoms with Gasteiger partial charge in [0.25, 0.3) is 0 Å². The Morgan fingerprint density at radius 1 is 1.30 bits per heavy atom. The number of aromatic nitrogens is 3. The van der Waals surface area contributed by atoms with Crippen LogP contribution in [0.15, 0.2) is 30.6 Å². The van der Waals surface area contributed by atoms with Crippen molar-refractivity contribution >= 4 is 11.8 Å². The molecule has 0 spiro atoms. The molecule has 0 saturated heterocycles. The van der Waals surface area contributed by atoms with Crippen molar-refractivity contribution in [3.8, 4) is 5.75 Å². The van der Waals surface area contributed by atoms with Gasteiger partial charge in [0.15, 0.2) is 0 Å². The molecule has 0 atom stereocenters. The molecule has 9 heteroatoms. The highest BCUT2D eigenvalue weighted by Gasteiger charge is 2.15. The summed E-state index contributed by atoms with van der Waals surface area (Å²) in [6.07, 6.45) is 3.53. The van der Waals surface area contributed by atoms with Crippen LogP contribution in [0.3, 0.4) is 0 Å². The van der Waals surface area contributed by atoms with Crippen LogP contribution in [0.1, 0.15) is 27.2 Å². The first-order valence-corrected chi connectivity index (χ1v) is 8.81. The fraction of sp³-hybridized carbons (Fsp3) is 0.500. The maximum Gasteiger partial charge on any atom is 0.407 e. The van der Waals surface area contributed by atoms with Crippen molar-refractivity contribution in [2.24, 2.45) is 0 Å². The quantitative estimate of drug-likeness (QED) is 0.651. The van der Waals surface area contributed by atoms with Crippen LogP contribution < -0.4 is 15.4 Å². The second-order valence-corrected chi connectivity index (χ2v) is 6.86. The predicted octanol–water partition coefficient (Wildman–Crippen LogP) is 2.82. The highest BCUT2D eigenvalue weighted by molar-refractivity contribution is 5.67. The third-order valence-corrected chi connectivity index (χ3v) is 3.33. The van der Waals surface area contributed by atoms with Crippen molar-refractivity contribution < 1.29 is 18.7 Å². The van der Waals surface area contributed by atoms with E-state index in [4.69, 9.17) is 9.47 Å². The van der Waals surface area contributed by atoms with Crippen LogP contribution in [0.4, 0.5) is 14.9 Å². The van der Waals surface area contributed by atoms with E-state index in [9.17, 15) is 9.18 Å². The van der Waals surface area contributed by atoms with Crippen molar-refractivity contribution in [1.82, 2.24) is 20.3 Å². The number of carbonyl (C=O) groups excluding carboxylic acids is 1. The molecule has 1 aromatic carbocycles. The van der Waals surface area contributed by atoms with E-state index in [1.165, 1.54) is 12.1 Å². The molecule has 0 aliphatic heterocycles. The van der Waals surface area contributed by atoms with Crippen molar-refractivity contribution in [2.45, 2.75) is 39.3 Å². The minimum Gasteiger partial charge on any atom is -0.489 e. The smallest absolute Gasteiger partial charge is 0.407 e. The molecule has 2 aromatic rings. The molecular formula is C18H26FN5O3. The molecular weight excluding hydrogens is 353 g/mol. The maximum atomic E-state index is 13.5. The van der Waals surface area contributed by atoms with Gasteiger partial charge in [0.1, 0.15) is 23.8 Å². The van der Waals surface area contributed by atoms with Gasteiger partial charge in [-0.3, -0.25) is 0 Å². The Balaban J connectivity index is 1.74. The zero-order valence-electron chi connectivity index (χ0n) is 15.9. The zero-order valence-corrected chi connectivity index (χ0v) is 15.9. The second-order valence-electron chi connectivity index (χ2n) is 6.86. The van der Waals surface area contributed by atoms with Crippen LogP contribution in [0.25, 0.3) is 0 Å². The van der Waals surface area contributed by atoms with E-state index in [1.807, 2.05) is 20.8 Å². The Bertz CT molecular complexity index is 716. The Kier molecular flexibility index (Phi) is 7.39. The number of ether oxygens (including phenoxy) is 2. The lowest BCUT2D eigenvalue weighted by atomic mass is 10.2. The summed E-state index contributed by atoms with van der Waals surface area (Å²) < 4.78 is 26.1. The highest BCUT2D eigenvalue weighted by Crippen LogP contribution is 2.25. The minimum atomic E-state index is -0.525. The SMILES string of the molecule is CC(C)(C)OC(=O)NCCCNc1cc(F)ccc1OCCn1ccnn1. The highest BCUT2D eigenvalue weighted by atomic mass is 19.1. The van der Waals surface area contributed by atoms with E-state index in [-0.39, 0.29) is 5.82 Å². The van der Waals surface area contributed by atoms with Crippen molar-refractivity contribution in [2.75, 3.05) is 25.0 Å². The molecule has 2 rings (SSSR count). The Morgan fingerprint density at radius 3 is 2.81 bits per heavy atom. The van der Waals surface area contributed by atoms with Gasteiger partial charge in [-0.05, 0) is 39.3 Å². The Morgan fingerprint density at radius 2 is 2.11 bits per heavy atom.